The van der Waals surface area contributed by atoms with E-state index in [4.69, 9.17) is 0 Å². The maximum Gasteiger partial charge on any atom is 0.0576 e. The van der Waals surface area contributed by atoms with Crippen LogP contribution in [0.1, 0.15) is 44.9 Å². The molecular formula is C12H19N. The first kappa shape index (κ1) is 8.98. The molecule has 1 heterocycles. The first-order chi connectivity index (χ1) is 6.45. The molecular weight excluding hydrogens is 158 g/mol. The third-order valence-electron chi connectivity index (χ3n) is 3.28. The number of hydrogen-bond donors (Lipinski definition) is 0. The fourth-order valence-electron chi connectivity index (χ4n) is 2.41. The Kier molecular flexibility index (Phi) is 3.17. The summed E-state index contributed by atoms with van der Waals surface area (Å²) in [6, 6.07) is 0. The molecule has 13 heavy (non-hydrogen) atoms. The van der Waals surface area contributed by atoms with E-state index in [1.807, 2.05) is 0 Å². The predicted octanol–water partition coefficient (Wildman–Crippen LogP) is 3.36. The monoisotopic (exact) mass is 177 g/mol. The average Bonchev–Trinajstić information content (AvgIpc) is 2.69. The molecule has 2 aliphatic rings. The SMILES string of the molecule is C1=NCC=C1CCC1CCCCC1. The Hall–Kier alpha value is -0.590. The number of aliphatic imine (C=N–C) groups is 1. The van der Waals surface area contributed by atoms with Crippen molar-refractivity contribution in [3.8, 4) is 0 Å². The lowest BCUT2D eigenvalue weighted by Crippen LogP contribution is -2.06. The maximum atomic E-state index is 4.21. The fourth-order valence-corrected chi connectivity index (χ4v) is 2.41. The molecule has 1 aliphatic heterocycles. The number of hydrogen-bond acceptors (Lipinski definition) is 1. The van der Waals surface area contributed by atoms with Gasteiger partial charge in [0.15, 0.2) is 0 Å². The van der Waals surface area contributed by atoms with Crippen molar-refractivity contribution in [2.45, 2.75) is 44.9 Å². The second-order valence-corrected chi connectivity index (χ2v) is 4.32. The minimum Gasteiger partial charge on any atom is -0.289 e. The zero-order valence-corrected chi connectivity index (χ0v) is 8.34. The van der Waals surface area contributed by atoms with Crippen molar-refractivity contribution in [1.82, 2.24) is 0 Å². The Morgan fingerprint density at radius 3 is 2.77 bits per heavy atom. The van der Waals surface area contributed by atoms with Crippen molar-refractivity contribution in [3.63, 3.8) is 0 Å². The van der Waals surface area contributed by atoms with Gasteiger partial charge in [0.05, 0.1) is 6.54 Å². The van der Waals surface area contributed by atoms with E-state index in [1.54, 1.807) is 0 Å². The first-order valence-corrected chi connectivity index (χ1v) is 5.64. The zero-order chi connectivity index (χ0) is 8.93. The van der Waals surface area contributed by atoms with Gasteiger partial charge in [-0.1, -0.05) is 38.2 Å². The summed E-state index contributed by atoms with van der Waals surface area (Å²) < 4.78 is 0. The van der Waals surface area contributed by atoms with Gasteiger partial charge in [-0.05, 0) is 24.3 Å². The molecule has 1 saturated carbocycles. The van der Waals surface area contributed by atoms with Gasteiger partial charge in [-0.15, -0.1) is 0 Å². The Labute approximate surface area is 80.9 Å². The molecule has 0 N–H and O–H groups in total. The molecule has 1 heteroatoms. The number of nitrogens with zero attached hydrogens (tertiary/aromatic N) is 1. The Bertz CT molecular complexity index is 209. The molecule has 0 aromatic carbocycles. The third-order valence-corrected chi connectivity index (χ3v) is 3.28. The van der Waals surface area contributed by atoms with Gasteiger partial charge in [0.1, 0.15) is 0 Å². The molecule has 0 aromatic rings. The third kappa shape index (κ3) is 2.68. The number of allylic oxidation sites excluding steroid dienone is 1. The van der Waals surface area contributed by atoms with Crippen LogP contribution in [-0.2, 0) is 0 Å². The summed E-state index contributed by atoms with van der Waals surface area (Å²) in [5.74, 6) is 1.02. The van der Waals surface area contributed by atoms with Crippen molar-refractivity contribution in [1.29, 1.82) is 0 Å². The van der Waals surface area contributed by atoms with E-state index in [2.05, 4.69) is 17.3 Å². The molecule has 0 bridgehead atoms. The van der Waals surface area contributed by atoms with E-state index in [9.17, 15) is 0 Å². The summed E-state index contributed by atoms with van der Waals surface area (Å²) in [7, 11) is 0. The molecule has 1 nitrogen and oxygen atoms in total. The van der Waals surface area contributed by atoms with Gasteiger partial charge < -0.3 is 0 Å². The Morgan fingerprint density at radius 1 is 1.23 bits per heavy atom. The van der Waals surface area contributed by atoms with E-state index in [0.717, 1.165) is 12.5 Å². The van der Waals surface area contributed by atoms with Gasteiger partial charge in [0, 0.05) is 6.21 Å². The topological polar surface area (TPSA) is 12.4 Å². The zero-order valence-electron chi connectivity index (χ0n) is 8.34. The standard InChI is InChI=1S/C12H19N/c1-2-4-11(5-3-1)6-7-12-8-9-13-10-12/h8,10-11H,1-7,9H2. The molecule has 1 aliphatic carbocycles. The van der Waals surface area contributed by atoms with Gasteiger partial charge >= 0.3 is 0 Å². The average molecular weight is 177 g/mol. The Morgan fingerprint density at radius 2 is 2.08 bits per heavy atom. The molecule has 0 unspecified atom stereocenters. The van der Waals surface area contributed by atoms with Gasteiger partial charge in [0.25, 0.3) is 0 Å². The molecule has 0 atom stereocenters. The molecule has 0 amide bonds. The minimum atomic E-state index is 0.931. The van der Waals surface area contributed by atoms with Crippen LogP contribution in [0, 0.1) is 5.92 Å². The van der Waals surface area contributed by atoms with Crippen LogP contribution in [0.15, 0.2) is 16.6 Å². The lowest BCUT2D eigenvalue weighted by atomic mass is 9.85. The van der Waals surface area contributed by atoms with E-state index in [1.165, 1.54) is 50.5 Å². The molecule has 2 rings (SSSR count). The summed E-state index contributed by atoms with van der Waals surface area (Å²) in [4.78, 5) is 4.21. The van der Waals surface area contributed by atoms with Crippen LogP contribution < -0.4 is 0 Å². The van der Waals surface area contributed by atoms with Crippen LogP contribution >= 0.6 is 0 Å². The lowest BCUT2D eigenvalue weighted by molar-refractivity contribution is 0.340. The summed E-state index contributed by atoms with van der Waals surface area (Å²) in [6.45, 7) is 0.931. The molecule has 0 saturated heterocycles. The van der Waals surface area contributed by atoms with Crippen LogP contribution in [0.4, 0.5) is 0 Å². The van der Waals surface area contributed by atoms with Gasteiger partial charge in [0.2, 0.25) is 0 Å². The van der Waals surface area contributed by atoms with E-state index in [0.29, 0.717) is 0 Å². The normalized spacial score (nSPS) is 23.5. The van der Waals surface area contributed by atoms with Crippen LogP contribution in [0.2, 0.25) is 0 Å². The quantitative estimate of drug-likeness (QED) is 0.627. The van der Waals surface area contributed by atoms with Gasteiger partial charge in [-0.3, -0.25) is 4.99 Å². The van der Waals surface area contributed by atoms with Crippen molar-refractivity contribution >= 4 is 6.21 Å². The molecule has 1 fully saturated rings. The predicted molar refractivity (Wildman–Crippen MR) is 57.3 cm³/mol. The fraction of sp³-hybridized carbons (Fsp3) is 0.750. The van der Waals surface area contributed by atoms with Crippen LogP contribution in [-0.4, -0.2) is 12.8 Å². The van der Waals surface area contributed by atoms with Crippen LogP contribution in [0.3, 0.4) is 0 Å². The second kappa shape index (κ2) is 4.59. The maximum absolute atomic E-state index is 4.21. The van der Waals surface area contributed by atoms with E-state index in [-0.39, 0.29) is 0 Å². The highest BCUT2D eigenvalue weighted by Gasteiger charge is 2.13. The summed E-state index contributed by atoms with van der Waals surface area (Å²) >= 11 is 0. The smallest absolute Gasteiger partial charge is 0.0576 e. The number of rotatable bonds is 3. The molecule has 0 spiro atoms. The van der Waals surface area contributed by atoms with Crippen molar-refractivity contribution < 1.29 is 0 Å². The molecule has 0 aromatic heterocycles. The molecule has 72 valence electrons. The summed E-state index contributed by atoms with van der Waals surface area (Å²) in [5.41, 5.74) is 1.48. The van der Waals surface area contributed by atoms with Crippen molar-refractivity contribution in [2.24, 2.45) is 10.9 Å². The van der Waals surface area contributed by atoms with Crippen LogP contribution in [0.25, 0.3) is 0 Å². The van der Waals surface area contributed by atoms with E-state index < -0.39 is 0 Å². The lowest BCUT2D eigenvalue weighted by Gasteiger charge is -2.21. The highest BCUT2D eigenvalue weighted by Crippen LogP contribution is 2.28. The van der Waals surface area contributed by atoms with Crippen molar-refractivity contribution in [2.75, 3.05) is 6.54 Å². The summed E-state index contributed by atoms with van der Waals surface area (Å²) in [5, 5.41) is 0. The highest BCUT2D eigenvalue weighted by molar-refractivity contribution is 5.80. The highest BCUT2D eigenvalue weighted by atomic mass is 14.7. The molecule has 0 radical (unpaired) electrons. The first-order valence-electron chi connectivity index (χ1n) is 5.64. The Balaban J connectivity index is 1.69. The summed E-state index contributed by atoms with van der Waals surface area (Å²) in [6.07, 6.45) is 14.4. The van der Waals surface area contributed by atoms with E-state index >= 15 is 0 Å². The van der Waals surface area contributed by atoms with Crippen molar-refractivity contribution in [3.05, 3.63) is 11.6 Å². The second-order valence-electron chi connectivity index (χ2n) is 4.32. The minimum absolute atomic E-state index is 0.931. The largest absolute Gasteiger partial charge is 0.289 e. The van der Waals surface area contributed by atoms with Crippen LogP contribution in [0.5, 0.6) is 0 Å². The van der Waals surface area contributed by atoms with Gasteiger partial charge in [-0.25, -0.2) is 0 Å². The van der Waals surface area contributed by atoms with Gasteiger partial charge in [-0.2, -0.15) is 0 Å².